The van der Waals surface area contributed by atoms with Gasteiger partial charge in [-0.15, -0.1) is 0 Å². The van der Waals surface area contributed by atoms with Gasteiger partial charge in [0, 0.05) is 31.1 Å². The molecule has 108 valence electrons. The summed E-state index contributed by atoms with van der Waals surface area (Å²) in [5.74, 6) is 0.634. The van der Waals surface area contributed by atoms with E-state index in [0.717, 1.165) is 38.4 Å². The molecule has 0 saturated carbocycles. The van der Waals surface area contributed by atoms with Crippen LogP contribution in [0.4, 0.5) is 0 Å². The third-order valence-corrected chi connectivity index (χ3v) is 4.30. The average Bonchev–Trinajstić information content (AvgIpc) is 3.13. The highest BCUT2D eigenvalue weighted by atomic mass is 16.5. The molecule has 20 heavy (non-hydrogen) atoms. The number of nitrogens with one attached hydrogen (secondary N) is 1. The lowest BCUT2D eigenvalue weighted by Crippen LogP contribution is -2.33. The van der Waals surface area contributed by atoms with Crippen LogP contribution < -0.4 is 5.32 Å². The fraction of sp³-hybridized carbons (Fsp3) is 0.562. The van der Waals surface area contributed by atoms with Gasteiger partial charge >= 0.3 is 0 Å². The number of nitrogens with zero attached hydrogens (tertiary/aromatic N) is 2. The number of aromatic nitrogens is 2. The quantitative estimate of drug-likeness (QED) is 0.910. The monoisotopic (exact) mass is 273 g/mol. The summed E-state index contributed by atoms with van der Waals surface area (Å²) in [5.41, 5.74) is 2.37. The van der Waals surface area contributed by atoms with E-state index in [1.54, 1.807) is 0 Å². The molecule has 4 heteroatoms. The van der Waals surface area contributed by atoms with Crippen molar-refractivity contribution in [2.45, 2.75) is 39.4 Å². The van der Waals surface area contributed by atoms with Crippen molar-refractivity contribution in [2.75, 3.05) is 13.2 Å². The third kappa shape index (κ3) is 2.58. The lowest BCUT2D eigenvalue weighted by atomic mass is 10.0. The normalized spacial score (nSPS) is 20.6. The van der Waals surface area contributed by atoms with E-state index in [1.165, 1.54) is 10.9 Å². The van der Waals surface area contributed by atoms with Crippen LogP contribution in [-0.2, 0) is 17.8 Å². The van der Waals surface area contributed by atoms with Gasteiger partial charge in [-0.3, -0.25) is 4.68 Å². The maximum Gasteiger partial charge on any atom is 0.0841 e. The Morgan fingerprint density at radius 3 is 3.05 bits per heavy atom. The summed E-state index contributed by atoms with van der Waals surface area (Å²) in [7, 11) is 0. The fourth-order valence-electron chi connectivity index (χ4n) is 2.94. The van der Waals surface area contributed by atoms with E-state index in [1.807, 2.05) is 0 Å². The maximum atomic E-state index is 5.46. The van der Waals surface area contributed by atoms with Crippen molar-refractivity contribution < 1.29 is 4.74 Å². The van der Waals surface area contributed by atoms with Gasteiger partial charge in [0.05, 0.1) is 17.8 Å². The molecule has 1 aliphatic heterocycles. The number of aryl methyl sites for hydroxylation is 1. The predicted octanol–water partition coefficient (Wildman–Crippen LogP) is 2.57. The van der Waals surface area contributed by atoms with Crippen molar-refractivity contribution in [2.24, 2.45) is 5.92 Å². The van der Waals surface area contributed by atoms with Crippen LogP contribution in [0, 0.1) is 5.92 Å². The topological polar surface area (TPSA) is 39.1 Å². The predicted molar refractivity (Wildman–Crippen MR) is 80.6 cm³/mol. The maximum absolute atomic E-state index is 5.46. The summed E-state index contributed by atoms with van der Waals surface area (Å²) in [5, 5.41) is 9.60. The standard InChI is InChI=1S/C16H23N3O/c1-3-19-16-7-5-4-6-14(16)15(18-19)10-17-12(2)13-8-9-20-11-13/h4-7,12-13,17H,3,8-11H2,1-2H3. The lowest BCUT2D eigenvalue weighted by Gasteiger charge is -2.18. The smallest absolute Gasteiger partial charge is 0.0841 e. The van der Waals surface area contributed by atoms with Crippen molar-refractivity contribution in [3.05, 3.63) is 30.0 Å². The van der Waals surface area contributed by atoms with E-state index in [-0.39, 0.29) is 0 Å². The van der Waals surface area contributed by atoms with Crippen LogP contribution in [0.2, 0.25) is 0 Å². The first kappa shape index (κ1) is 13.6. The fourth-order valence-corrected chi connectivity index (χ4v) is 2.94. The summed E-state index contributed by atoms with van der Waals surface area (Å²) >= 11 is 0. The van der Waals surface area contributed by atoms with Gasteiger partial charge in [-0.1, -0.05) is 18.2 Å². The summed E-state index contributed by atoms with van der Waals surface area (Å²) < 4.78 is 7.54. The van der Waals surface area contributed by atoms with Crippen molar-refractivity contribution in [3.63, 3.8) is 0 Å². The number of hydrogen-bond donors (Lipinski definition) is 1. The number of fused-ring (bicyclic) bond motifs is 1. The molecule has 0 aliphatic carbocycles. The van der Waals surface area contributed by atoms with Crippen LogP contribution in [0.3, 0.4) is 0 Å². The van der Waals surface area contributed by atoms with Crippen LogP contribution in [0.5, 0.6) is 0 Å². The Morgan fingerprint density at radius 1 is 1.45 bits per heavy atom. The molecule has 0 radical (unpaired) electrons. The molecule has 1 aromatic heterocycles. The van der Waals surface area contributed by atoms with Gasteiger partial charge in [-0.05, 0) is 32.3 Å². The van der Waals surface area contributed by atoms with Crippen LogP contribution in [-0.4, -0.2) is 29.0 Å². The van der Waals surface area contributed by atoms with Crippen LogP contribution >= 0.6 is 0 Å². The zero-order chi connectivity index (χ0) is 13.9. The minimum absolute atomic E-state index is 0.475. The highest BCUT2D eigenvalue weighted by Crippen LogP contribution is 2.20. The molecule has 2 aromatic rings. The van der Waals surface area contributed by atoms with Crippen molar-refractivity contribution in [3.8, 4) is 0 Å². The number of rotatable bonds is 5. The first-order valence-electron chi connectivity index (χ1n) is 7.55. The molecule has 0 spiro atoms. The molecule has 1 aromatic carbocycles. The van der Waals surface area contributed by atoms with E-state index < -0.39 is 0 Å². The average molecular weight is 273 g/mol. The zero-order valence-electron chi connectivity index (χ0n) is 12.3. The Kier molecular flexibility index (Phi) is 4.03. The number of hydrogen-bond acceptors (Lipinski definition) is 3. The molecule has 0 bridgehead atoms. The van der Waals surface area contributed by atoms with Crippen LogP contribution in [0.15, 0.2) is 24.3 Å². The molecule has 1 saturated heterocycles. The molecule has 0 amide bonds. The molecule has 3 rings (SSSR count). The van der Waals surface area contributed by atoms with E-state index in [4.69, 9.17) is 9.84 Å². The van der Waals surface area contributed by atoms with Gasteiger partial charge in [0.15, 0.2) is 0 Å². The first-order chi connectivity index (χ1) is 9.79. The highest BCUT2D eigenvalue weighted by Gasteiger charge is 2.22. The van der Waals surface area contributed by atoms with Gasteiger partial charge < -0.3 is 10.1 Å². The Morgan fingerprint density at radius 2 is 2.30 bits per heavy atom. The van der Waals surface area contributed by atoms with Crippen LogP contribution in [0.1, 0.15) is 26.0 Å². The molecule has 2 unspecified atom stereocenters. The number of benzene rings is 1. The SMILES string of the molecule is CCn1nc(CNC(C)C2CCOC2)c2ccccc21. The molecule has 1 fully saturated rings. The third-order valence-electron chi connectivity index (χ3n) is 4.30. The molecule has 2 atom stereocenters. The second-order valence-electron chi connectivity index (χ2n) is 5.57. The second kappa shape index (κ2) is 5.94. The largest absolute Gasteiger partial charge is 0.381 e. The summed E-state index contributed by atoms with van der Waals surface area (Å²) in [4.78, 5) is 0. The summed E-state index contributed by atoms with van der Waals surface area (Å²) in [6.45, 7) is 7.91. The van der Waals surface area contributed by atoms with Crippen LogP contribution in [0.25, 0.3) is 10.9 Å². The van der Waals surface area contributed by atoms with Gasteiger partial charge in [-0.25, -0.2) is 0 Å². The summed E-state index contributed by atoms with van der Waals surface area (Å²) in [6.07, 6.45) is 1.16. The lowest BCUT2D eigenvalue weighted by molar-refractivity contribution is 0.178. The minimum atomic E-state index is 0.475. The number of para-hydroxylation sites is 1. The van der Waals surface area contributed by atoms with E-state index in [9.17, 15) is 0 Å². The molecule has 1 N–H and O–H groups in total. The Labute approximate surface area is 120 Å². The minimum Gasteiger partial charge on any atom is -0.381 e. The van der Waals surface area contributed by atoms with Crippen molar-refractivity contribution in [1.82, 2.24) is 15.1 Å². The molecular formula is C16H23N3O. The molecule has 1 aliphatic rings. The summed E-state index contributed by atoms with van der Waals surface area (Å²) in [6, 6.07) is 8.94. The second-order valence-corrected chi connectivity index (χ2v) is 5.57. The van der Waals surface area contributed by atoms with E-state index >= 15 is 0 Å². The highest BCUT2D eigenvalue weighted by molar-refractivity contribution is 5.81. The molecule has 2 heterocycles. The van der Waals surface area contributed by atoms with Crippen molar-refractivity contribution >= 4 is 10.9 Å². The molecule has 4 nitrogen and oxygen atoms in total. The van der Waals surface area contributed by atoms with E-state index in [2.05, 4.69) is 48.1 Å². The van der Waals surface area contributed by atoms with Gasteiger partial charge in [0.2, 0.25) is 0 Å². The van der Waals surface area contributed by atoms with Gasteiger partial charge in [0.25, 0.3) is 0 Å². The number of ether oxygens (including phenoxy) is 1. The Hall–Kier alpha value is -1.39. The zero-order valence-corrected chi connectivity index (χ0v) is 12.3. The molecular weight excluding hydrogens is 250 g/mol. The van der Waals surface area contributed by atoms with E-state index in [0.29, 0.717) is 12.0 Å². The Balaban J connectivity index is 1.74. The van der Waals surface area contributed by atoms with Gasteiger partial charge in [0.1, 0.15) is 0 Å². The first-order valence-corrected chi connectivity index (χ1v) is 7.55. The van der Waals surface area contributed by atoms with Gasteiger partial charge in [-0.2, -0.15) is 5.10 Å². The Bertz CT molecular complexity index is 572. The van der Waals surface area contributed by atoms with Crippen molar-refractivity contribution in [1.29, 1.82) is 0 Å².